The second-order valence-electron chi connectivity index (χ2n) is 4.96. The Balaban J connectivity index is 1.89. The van der Waals surface area contributed by atoms with Crippen LogP contribution in [0.4, 0.5) is 0 Å². The van der Waals surface area contributed by atoms with Gasteiger partial charge in [0.25, 0.3) is 0 Å². The lowest BCUT2D eigenvalue weighted by atomic mass is 10.1. The van der Waals surface area contributed by atoms with Gasteiger partial charge < -0.3 is 10.1 Å². The molecule has 18 heavy (non-hydrogen) atoms. The van der Waals surface area contributed by atoms with Gasteiger partial charge in [0.15, 0.2) is 0 Å². The molecule has 2 rings (SSSR count). The van der Waals surface area contributed by atoms with Crippen molar-refractivity contribution in [2.24, 2.45) is 0 Å². The van der Waals surface area contributed by atoms with Crippen molar-refractivity contribution < 1.29 is 4.74 Å². The number of halogens is 1. The largest absolute Gasteiger partial charge is 0.497 e. The van der Waals surface area contributed by atoms with Gasteiger partial charge in [-0.2, -0.15) is 11.8 Å². The maximum Gasteiger partial charge on any atom is 0.119 e. The highest BCUT2D eigenvalue weighted by Gasteiger charge is 2.28. The molecule has 1 unspecified atom stereocenters. The van der Waals surface area contributed by atoms with Gasteiger partial charge >= 0.3 is 0 Å². The van der Waals surface area contributed by atoms with Crippen LogP contribution in [0, 0.1) is 0 Å². The lowest BCUT2D eigenvalue weighted by molar-refractivity contribution is 0.414. The summed E-state index contributed by atoms with van der Waals surface area (Å²) in [6, 6.07) is 6.10. The number of thioether (sulfide) groups is 1. The van der Waals surface area contributed by atoms with E-state index in [1.54, 1.807) is 7.11 Å². The van der Waals surface area contributed by atoms with Crippen LogP contribution in [0.3, 0.4) is 0 Å². The van der Waals surface area contributed by atoms with Gasteiger partial charge in [0, 0.05) is 22.3 Å². The van der Waals surface area contributed by atoms with Crippen LogP contribution in [0.5, 0.6) is 5.75 Å². The minimum absolute atomic E-state index is 0.422. The number of ether oxygens (including phenoxy) is 1. The monoisotopic (exact) mass is 329 g/mol. The van der Waals surface area contributed by atoms with Crippen molar-refractivity contribution in [1.82, 2.24) is 5.32 Å². The fraction of sp³-hybridized carbons (Fsp3) is 0.571. The molecule has 0 bridgehead atoms. The van der Waals surface area contributed by atoms with Gasteiger partial charge in [0.05, 0.1) is 7.11 Å². The summed E-state index contributed by atoms with van der Waals surface area (Å²) < 4.78 is 6.82. The maximum atomic E-state index is 5.26. The molecule has 1 aromatic rings. The van der Waals surface area contributed by atoms with E-state index in [1.165, 1.54) is 24.2 Å². The molecule has 1 N–H and O–H groups in total. The fourth-order valence-electron chi connectivity index (χ4n) is 2.25. The second kappa shape index (κ2) is 6.31. The normalized spacial score (nSPS) is 23.3. The highest BCUT2D eigenvalue weighted by atomic mass is 79.9. The zero-order valence-corrected chi connectivity index (χ0v) is 13.4. The van der Waals surface area contributed by atoms with Gasteiger partial charge in [0.2, 0.25) is 0 Å². The van der Waals surface area contributed by atoms with Crippen LogP contribution in [0.2, 0.25) is 0 Å². The van der Waals surface area contributed by atoms with Crippen molar-refractivity contribution in [3.8, 4) is 5.75 Å². The highest BCUT2D eigenvalue weighted by Crippen LogP contribution is 2.37. The van der Waals surface area contributed by atoms with E-state index in [0.29, 0.717) is 4.75 Å². The van der Waals surface area contributed by atoms with E-state index >= 15 is 0 Å². The predicted molar refractivity (Wildman–Crippen MR) is 82.5 cm³/mol. The van der Waals surface area contributed by atoms with E-state index in [1.807, 2.05) is 12.1 Å². The summed E-state index contributed by atoms with van der Waals surface area (Å²) in [6.07, 6.45) is 2.68. The van der Waals surface area contributed by atoms with Gasteiger partial charge in [-0.15, -0.1) is 0 Å². The topological polar surface area (TPSA) is 21.3 Å². The van der Waals surface area contributed by atoms with Crippen LogP contribution in [0.1, 0.15) is 25.3 Å². The van der Waals surface area contributed by atoms with Crippen molar-refractivity contribution in [3.05, 3.63) is 28.2 Å². The maximum absolute atomic E-state index is 5.26. The first kappa shape index (κ1) is 14.2. The number of hydrogen-bond acceptors (Lipinski definition) is 3. The molecule has 0 aliphatic carbocycles. The summed E-state index contributed by atoms with van der Waals surface area (Å²) in [6.45, 7) is 4.31. The zero-order chi connectivity index (χ0) is 13.0. The first-order chi connectivity index (χ1) is 8.63. The predicted octanol–water partition coefficient (Wildman–Crippen LogP) is 3.83. The molecule has 4 heteroatoms. The van der Waals surface area contributed by atoms with Crippen LogP contribution < -0.4 is 10.1 Å². The number of rotatable bonds is 5. The molecule has 0 saturated carbocycles. The molecular formula is C14H20BrNOS. The molecule has 1 aromatic carbocycles. The highest BCUT2D eigenvalue weighted by molar-refractivity contribution is 9.10. The molecule has 1 atom stereocenters. The van der Waals surface area contributed by atoms with Crippen molar-refractivity contribution in [2.45, 2.75) is 31.1 Å². The lowest BCUT2D eigenvalue weighted by Gasteiger charge is -2.23. The molecule has 1 aliphatic rings. The molecular weight excluding hydrogens is 310 g/mol. The van der Waals surface area contributed by atoms with Gasteiger partial charge in [-0.25, -0.2) is 0 Å². The SMILES string of the molecule is COc1ccc(Br)c(CNCC2(C)CCCS2)c1. The fourth-order valence-corrected chi connectivity index (χ4v) is 3.91. The summed E-state index contributed by atoms with van der Waals surface area (Å²) in [7, 11) is 1.71. The Hall–Kier alpha value is -0.190. The van der Waals surface area contributed by atoms with Crippen LogP contribution in [0.15, 0.2) is 22.7 Å². The molecule has 0 aromatic heterocycles. The van der Waals surface area contributed by atoms with Crippen LogP contribution in [-0.2, 0) is 6.54 Å². The van der Waals surface area contributed by atoms with Crippen LogP contribution >= 0.6 is 27.7 Å². The summed E-state index contributed by atoms with van der Waals surface area (Å²) in [5, 5.41) is 3.57. The summed E-state index contributed by atoms with van der Waals surface area (Å²) in [5.74, 6) is 2.22. The quantitative estimate of drug-likeness (QED) is 0.886. The Morgan fingerprint density at radius 1 is 1.50 bits per heavy atom. The van der Waals surface area contributed by atoms with Gasteiger partial charge in [0.1, 0.15) is 5.75 Å². The molecule has 1 aliphatic heterocycles. The van der Waals surface area contributed by atoms with E-state index in [9.17, 15) is 0 Å². The van der Waals surface area contributed by atoms with Gasteiger partial charge in [-0.1, -0.05) is 15.9 Å². The number of nitrogens with one attached hydrogen (secondary N) is 1. The molecule has 0 radical (unpaired) electrons. The molecule has 2 nitrogen and oxygen atoms in total. The Labute approximate surface area is 122 Å². The summed E-state index contributed by atoms with van der Waals surface area (Å²) >= 11 is 5.68. The summed E-state index contributed by atoms with van der Waals surface area (Å²) in [4.78, 5) is 0. The minimum atomic E-state index is 0.422. The van der Waals surface area contributed by atoms with Crippen molar-refractivity contribution in [3.63, 3.8) is 0 Å². The van der Waals surface area contributed by atoms with E-state index in [4.69, 9.17) is 4.74 Å². The third kappa shape index (κ3) is 3.65. The zero-order valence-electron chi connectivity index (χ0n) is 11.0. The third-order valence-corrected chi connectivity index (χ3v) is 5.68. The standard InChI is InChI=1S/C14H20BrNOS/c1-14(6-3-7-18-14)10-16-9-11-8-12(17-2)4-5-13(11)15/h4-5,8,16H,3,6-7,9-10H2,1-2H3. The average molecular weight is 330 g/mol. The molecule has 0 amide bonds. The van der Waals surface area contributed by atoms with Crippen LogP contribution in [0.25, 0.3) is 0 Å². The first-order valence-corrected chi connectivity index (χ1v) is 8.08. The van der Waals surface area contributed by atoms with Crippen molar-refractivity contribution in [1.29, 1.82) is 0 Å². The Morgan fingerprint density at radius 2 is 2.33 bits per heavy atom. The number of methoxy groups -OCH3 is 1. The number of benzene rings is 1. The molecule has 1 fully saturated rings. The molecule has 1 saturated heterocycles. The van der Waals surface area contributed by atoms with E-state index < -0.39 is 0 Å². The third-order valence-electron chi connectivity index (χ3n) is 3.37. The van der Waals surface area contributed by atoms with Gasteiger partial charge in [-0.05, 0) is 49.3 Å². The Bertz CT molecular complexity index is 405. The molecule has 0 spiro atoms. The number of hydrogen-bond donors (Lipinski definition) is 1. The Morgan fingerprint density at radius 3 is 3.00 bits per heavy atom. The van der Waals surface area contributed by atoms with E-state index in [0.717, 1.165) is 23.3 Å². The second-order valence-corrected chi connectivity index (χ2v) is 7.50. The van der Waals surface area contributed by atoms with Crippen molar-refractivity contribution in [2.75, 3.05) is 19.4 Å². The smallest absolute Gasteiger partial charge is 0.119 e. The molecule has 1 heterocycles. The average Bonchev–Trinajstić information content (AvgIpc) is 2.79. The van der Waals surface area contributed by atoms with E-state index in [-0.39, 0.29) is 0 Å². The summed E-state index contributed by atoms with van der Waals surface area (Å²) in [5.41, 5.74) is 1.25. The van der Waals surface area contributed by atoms with E-state index in [2.05, 4.69) is 46.0 Å². The minimum Gasteiger partial charge on any atom is -0.497 e. The molecule has 100 valence electrons. The van der Waals surface area contributed by atoms with Gasteiger partial charge in [-0.3, -0.25) is 0 Å². The van der Waals surface area contributed by atoms with Crippen molar-refractivity contribution >= 4 is 27.7 Å². The lowest BCUT2D eigenvalue weighted by Crippen LogP contribution is -2.32. The Kier molecular flexibility index (Phi) is 4.98. The van der Waals surface area contributed by atoms with Crippen LogP contribution in [-0.4, -0.2) is 24.2 Å². The first-order valence-electron chi connectivity index (χ1n) is 6.30.